The Bertz CT molecular complexity index is 884. The van der Waals surface area contributed by atoms with Crippen molar-refractivity contribution in [3.8, 4) is 0 Å². The zero-order valence-corrected chi connectivity index (χ0v) is 13.0. The number of benzene rings is 1. The molecule has 3 aromatic rings. The van der Waals surface area contributed by atoms with Crippen LogP contribution in [0.15, 0.2) is 42.7 Å². The van der Waals surface area contributed by atoms with E-state index in [1.165, 1.54) is 11.0 Å². The fourth-order valence-corrected chi connectivity index (χ4v) is 2.21. The van der Waals surface area contributed by atoms with E-state index in [9.17, 15) is 18.0 Å². The van der Waals surface area contributed by atoms with Gasteiger partial charge in [0, 0.05) is 13.1 Å². The average Bonchev–Trinajstić information content (AvgIpc) is 3.14. The van der Waals surface area contributed by atoms with Crippen molar-refractivity contribution in [1.29, 1.82) is 0 Å². The van der Waals surface area contributed by atoms with Gasteiger partial charge in [0.1, 0.15) is 12.0 Å². The van der Waals surface area contributed by atoms with Crippen molar-refractivity contribution >= 4 is 11.9 Å². The summed E-state index contributed by atoms with van der Waals surface area (Å²) in [6.07, 6.45) is -3.17. The number of nitrogens with zero attached hydrogens (tertiary/aromatic N) is 5. The molecule has 10 heteroatoms. The monoisotopic (exact) mass is 350 g/mol. The lowest BCUT2D eigenvalue weighted by atomic mass is 10.2. The van der Waals surface area contributed by atoms with Crippen LogP contribution in [-0.2, 0) is 19.8 Å². The Morgan fingerprint density at radius 1 is 1.20 bits per heavy atom. The van der Waals surface area contributed by atoms with Gasteiger partial charge >= 0.3 is 6.18 Å². The van der Waals surface area contributed by atoms with Gasteiger partial charge in [-0.3, -0.25) is 14.8 Å². The number of hydrogen-bond acceptors (Lipinski definition) is 4. The summed E-state index contributed by atoms with van der Waals surface area (Å²) in [6, 6.07) is 10.1. The van der Waals surface area contributed by atoms with Crippen molar-refractivity contribution < 1.29 is 18.0 Å². The SMILES string of the molecule is Cn1nc(C(=O)Nc2ncn(Cc3ccccc3)n2)cc1C(F)(F)F. The number of carbonyl (C=O) groups is 1. The molecule has 3 rings (SSSR count). The van der Waals surface area contributed by atoms with Crippen LogP contribution in [0.4, 0.5) is 19.1 Å². The van der Waals surface area contributed by atoms with E-state index in [1.807, 2.05) is 30.3 Å². The lowest BCUT2D eigenvalue weighted by molar-refractivity contribution is -0.143. The van der Waals surface area contributed by atoms with E-state index in [-0.39, 0.29) is 11.6 Å². The first-order valence-corrected chi connectivity index (χ1v) is 7.19. The van der Waals surface area contributed by atoms with E-state index in [4.69, 9.17) is 0 Å². The standard InChI is InChI=1S/C15H13F3N6O/c1-23-12(15(16,17)18)7-11(21-23)13(25)20-14-19-9-24(22-14)8-10-5-3-2-4-6-10/h2-7,9H,8H2,1H3,(H,20,22,25). The van der Waals surface area contributed by atoms with Crippen LogP contribution in [0.1, 0.15) is 21.7 Å². The predicted molar refractivity (Wildman–Crippen MR) is 81.7 cm³/mol. The van der Waals surface area contributed by atoms with Crippen LogP contribution in [-0.4, -0.2) is 30.5 Å². The number of anilines is 1. The molecule has 1 N–H and O–H groups in total. The molecule has 25 heavy (non-hydrogen) atoms. The second-order valence-electron chi connectivity index (χ2n) is 5.24. The fourth-order valence-electron chi connectivity index (χ4n) is 2.21. The molecule has 1 aromatic carbocycles. The maximum Gasteiger partial charge on any atom is 0.433 e. The average molecular weight is 350 g/mol. The predicted octanol–water partition coefficient (Wildman–Crippen LogP) is 2.33. The lowest BCUT2D eigenvalue weighted by Crippen LogP contribution is -2.14. The second kappa shape index (κ2) is 6.38. The molecule has 0 aliphatic rings. The first-order valence-electron chi connectivity index (χ1n) is 7.19. The number of carbonyl (C=O) groups excluding carboxylic acids is 1. The minimum atomic E-state index is -4.59. The Hall–Kier alpha value is -3.17. The lowest BCUT2D eigenvalue weighted by Gasteiger charge is -2.04. The van der Waals surface area contributed by atoms with Gasteiger partial charge in [-0.1, -0.05) is 30.3 Å². The smallest absolute Gasteiger partial charge is 0.288 e. The van der Waals surface area contributed by atoms with Crippen LogP contribution in [0, 0.1) is 0 Å². The number of amides is 1. The summed E-state index contributed by atoms with van der Waals surface area (Å²) in [5.41, 5.74) is -0.390. The number of halogens is 3. The minimum Gasteiger partial charge on any atom is -0.288 e. The molecule has 0 spiro atoms. The maximum atomic E-state index is 12.7. The first kappa shape index (κ1) is 16.7. The topological polar surface area (TPSA) is 77.6 Å². The molecule has 1 amide bonds. The van der Waals surface area contributed by atoms with Gasteiger partial charge in [0.25, 0.3) is 5.91 Å². The van der Waals surface area contributed by atoms with Crippen molar-refractivity contribution in [2.24, 2.45) is 7.05 Å². The molecule has 0 atom stereocenters. The fraction of sp³-hybridized carbons (Fsp3) is 0.200. The van der Waals surface area contributed by atoms with E-state index in [1.54, 1.807) is 0 Å². The van der Waals surface area contributed by atoms with E-state index >= 15 is 0 Å². The zero-order chi connectivity index (χ0) is 18.0. The normalized spacial score (nSPS) is 11.5. The van der Waals surface area contributed by atoms with Crippen molar-refractivity contribution in [2.75, 3.05) is 5.32 Å². The third-order valence-corrected chi connectivity index (χ3v) is 3.35. The quantitative estimate of drug-likeness (QED) is 0.783. The summed E-state index contributed by atoms with van der Waals surface area (Å²) in [5.74, 6) is -0.830. The summed E-state index contributed by atoms with van der Waals surface area (Å²) in [4.78, 5) is 15.9. The highest BCUT2D eigenvalue weighted by Gasteiger charge is 2.35. The molecule has 0 radical (unpaired) electrons. The summed E-state index contributed by atoms with van der Waals surface area (Å²) < 4.78 is 40.3. The molecule has 2 heterocycles. The highest BCUT2D eigenvalue weighted by Crippen LogP contribution is 2.29. The molecule has 0 aliphatic carbocycles. The summed E-state index contributed by atoms with van der Waals surface area (Å²) in [5, 5.41) is 9.97. The van der Waals surface area contributed by atoms with Gasteiger partial charge in [-0.25, -0.2) is 9.67 Å². The van der Waals surface area contributed by atoms with Crippen molar-refractivity contribution in [3.63, 3.8) is 0 Å². The Balaban J connectivity index is 1.70. The number of rotatable bonds is 4. The maximum absolute atomic E-state index is 12.7. The third-order valence-electron chi connectivity index (χ3n) is 3.35. The highest BCUT2D eigenvalue weighted by atomic mass is 19.4. The van der Waals surface area contributed by atoms with E-state index in [2.05, 4.69) is 20.5 Å². The second-order valence-corrected chi connectivity index (χ2v) is 5.24. The van der Waals surface area contributed by atoms with Crippen molar-refractivity contribution in [2.45, 2.75) is 12.7 Å². The summed E-state index contributed by atoms with van der Waals surface area (Å²) in [7, 11) is 1.12. The Morgan fingerprint density at radius 2 is 1.92 bits per heavy atom. The number of hydrogen-bond donors (Lipinski definition) is 1. The molecule has 0 saturated heterocycles. The van der Waals surface area contributed by atoms with Gasteiger partial charge in [0.15, 0.2) is 5.69 Å². The molecule has 0 unspecified atom stereocenters. The first-order chi connectivity index (χ1) is 11.8. The van der Waals surface area contributed by atoms with Crippen LogP contribution < -0.4 is 5.32 Å². The van der Waals surface area contributed by atoms with Gasteiger partial charge in [-0.2, -0.15) is 18.3 Å². The van der Waals surface area contributed by atoms with Crippen LogP contribution in [0.2, 0.25) is 0 Å². The third kappa shape index (κ3) is 3.84. The summed E-state index contributed by atoms with van der Waals surface area (Å²) >= 11 is 0. The molecule has 7 nitrogen and oxygen atoms in total. The van der Waals surface area contributed by atoms with Crippen LogP contribution >= 0.6 is 0 Å². The molecule has 0 fully saturated rings. The number of alkyl halides is 3. The molecular weight excluding hydrogens is 337 g/mol. The summed E-state index contributed by atoms with van der Waals surface area (Å²) in [6.45, 7) is 0.450. The number of aromatic nitrogens is 5. The Kier molecular flexibility index (Phi) is 4.26. The minimum absolute atomic E-state index is 0.0138. The number of nitrogens with one attached hydrogen (secondary N) is 1. The molecule has 130 valence electrons. The Labute approximate surface area is 140 Å². The van der Waals surface area contributed by atoms with Gasteiger partial charge in [0.2, 0.25) is 5.95 Å². The molecule has 0 aliphatic heterocycles. The van der Waals surface area contributed by atoms with Crippen molar-refractivity contribution in [3.05, 3.63) is 59.7 Å². The van der Waals surface area contributed by atoms with E-state index in [0.29, 0.717) is 17.3 Å². The van der Waals surface area contributed by atoms with Crippen molar-refractivity contribution in [1.82, 2.24) is 24.5 Å². The molecule has 0 bridgehead atoms. The van der Waals surface area contributed by atoms with Gasteiger partial charge < -0.3 is 0 Å². The van der Waals surface area contributed by atoms with E-state index < -0.39 is 17.8 Å². The number of aryl methyl sites for hydroxylation is 1. The van der Waals surface area contributed by atoms with Crippen LogP contribution in [0.25, 0.3) is 0 Å². The van der Waals surface area contributed by atoms with Crippen LogP contribution in [0.5, 0.6) is 0 Å². The van der Waals surface area contributed by atoms with Gasteiger partial charge in [-0.15, -0.1) is 5.10 Å². The Morgan fingerprint density at radius 3 is 2.56 bits per heavy atom. The van der Waals surface area contributed by atoms with E-state index in [0.717, 1.165) is 12.6 Å². The molecular formula is C15H13F3N6O. The van der Waals surface area contributed by atoms with Gasteiger partial charge in [0.05, 0.1) is 6.54 Å². The molecule has 2 aromatic heterocycles. The van der Waals surface area contributed by atoms with Crippen LogP contribution in [0.3, 0.4) is 0 Å². The molecule has 0 saturated carbocycles. The highest BCUT2D eigenvalue weighted by molar-refractivity contribution is 6.01. The largest absolute Gasteiger partial charge is 0.433 e. The van der Waals surface area contributed by atoms with Gasteiger partial charge in [-0.05, 0) is 5.56 Å². The zero-order valence-electron chi connectivity index (χ0n) is 13.0.